The van der Waals surface area contributed by atoms with Gasteiger partial charge in [0.1, 0.15) is 5.75 Å². The average Bonchev–Trinajstić information content (AvgIpc) is 3.40. The minimum atomic E-state index is 0.525. The number of halogens is 2. The van der Waals surface area contributed by atoms with E-state index < -0.39 is 0 Å². The Morgan fingerprint density at radius 1 is 1.19 bits per heavy atom. The minimum Gasteiger partial charge on any atom is -0.491 e. The first kappa shape index (κ1) is 18.2. The maximum atomic E-state index is 6.13. The zero-order valence-electron chi connectivity index (χ0n) is 14.2. The maximum absolute atomic E-state index is 6.13. The average molecular weight is 415 g/mol. The van der Waals surface area contributed by atoms with Crippen molar-refractivity contribution in [3.63, 3.8) is 0 Å². The fraction of sp³-hybridized carbons (Fsp3) is 0.529. The van der Waals surface area contributed by atoms with Crippen LogP contribution in [-0.4, -0.2) is 53.4 Å². The summed E-state index contributed by atoms with van der Waals surface area (Å²) in [7, 11) is 0. The Balaban J connectivity index is 1.36. The summed E-state index contributed by atoms with van der Waals surface area (Å²) in [6.45, 7) is 3.77. The normalized spacial score (nSPS) is 17.5. The van der Waals surface area contributed by atoms with Crippen LogP contribution in [0.1, 0.15) is 18.9 Å². The van der Waals surface area contributed by atoms with Crippen molar-refractivity contribution < 1.29 is 9.47 Å². The van der Waals surface area contributed by atoms with E-state index in [4.69, 9.17) is 32.7 Å². The summed E-state index contributed by atoms with van der Waals surface area (Å²) < 4.78 is 13.5. The SMILES string of the molecule is Clc1ccc(OCCSc2nnc(N3CCOCC3)n2C2CC2)c(Cl)c1. The standard InChI is InChI=1S/C17H20Cl2N4O2S/c18-12-1-4-15(14(19)11-12)25-9-10-26-17-21-20-16(23(17)13-2-3-13)22-5-7-24-8-6-22/h1,4,11,13H,2-3,5-10H2. The van der Waals surface area contributed by atoms with Crippen molar-refractivity contribution in [3.8, 4) is 5.75 Å². The molecule has 1 aliphatic heterocycles. The molecule has 0 bridgehead atoms. The molecule has 4 rings (SSSR count). The number of thioether (sulfide) groups is 1. The highest BCUT2D eigenvalue weighted by atomic mass is 35.5. The van der Waals surface area contributed by atoms with Crippen LogP contribution in [-0.2, 0) is 4.74 Å². The first-order valence-corrected chi connectivity index (χ1v) is 10.4. The van der Waals surface area contributed by atoms with Gasteiger partial charge < -0.3 is 14.4 Å². The topological polar surface area (TPSA) is 52.4 Å². The quantitative estimate of drug-likeness (QED) is 0.505. The van der Waals surface area contributed by atoms with Crippen LogP contribution >= 0.6 is 35.0 Å². The first-order chi connectivity index (χ1) is 12.7. The smallest absolute Gasteiger partial charge is 0.228 e. The lowest BCUT2D eigenvalue weighted by Crippen LogP contribution is -2.38. The number of nitrogens with zero attached hydrogens (tertiary/aromatic N) is 4. The molecule has 0 N–H and O–H groups in total. The summed E-state index contributed by atoms with van der Waals surface area (Å²) in [5.74, 6) is 2.39. The molecule has 1 aromatic heterocycles. The number of anilines is 1. The largest absolute Gasteiger partial charge is 0.491 e. The molecule has 1 saturated carbocycles. The molecule has 2 aliphatic rings. The molecular formula is C17H20Cl2N4O2S. The van der Waals surface area contributed by atoms with E-state index in [0.29, 0.717) is 28.4 Å². The van der Waals surface area contributed by atoms with Gasteiger partial charge in [-0.2, -0.15) is 0 Å². The third-order valence-corrected chi connectivity index (χ3v) is 5.76. The molecule has 0 amide bonds. The van der Waals surface area contributed by atoms with Gasteiger partial charge in [-0.15, -0.1) is 10.2 Å². The number of aromatic nitrogens is 3. The van der Waals surface area contributed by atoms with Gasteiger partial charge in [0.15, 0.2) is 5.16 Å². The van der Waals surface area contributed by atoms with Crippen molar-refractivity contribution in [2.75, 3.05) is 43.6 Å². The second kappa shape index (κ2) is 8.25. The molecule has 1 aromatic carbocycles. The summed E-state index contributed by atoms with van der Waals surface area (Å²) in [6, 6.07) is 5.77. The van der Waals surface area contributed by atoms with Gasteiger partial charge in [-0.1, -0.05) is 35.0 Å². The van der Waals surface area contributed by atoms with Gasteiger partial charge in [-0.25, -0.2) is 0 Å². The summed E-state index contributed by atoms with van der Waals surface area (Å²) in [5, 5.41) is 11.0. The number of morpholine rings is 1. The first-order valence-electron chi connectivity index (χ1n) is 8.70. The number of hydrogen-bond acceptors (Lipinski definition) is 6. The number of benzene rings is 1. The fourth-order valence-corrected chi connectivity index (χ4v) is 4.16. The van der Waals surface area contributed by atoms with Crippen LogP contribution in [0, 0.1) is 0 Å². The molecule has 26 heavy (non-hydrogen) atoms. The van der Waals surface area contributed by atoms with Crippen LogP contribution in [0.2, 0.25) is 10.0 Å². The minimum absolute atomic E-state index is 0.525. The number of hydrogen-bond donors (Lipinski definition) is 0. The maximum Gasteiger partial charge on any atom is 0.228 e. The van der Waals surface area contributed by atoms with Gasteiger partial charge in [0.2, 0.25) is 5.95 Å². The molecule has 1 saturated heterocycles. The van der Waals surface area contributed by atoms with Crippen LogP contribution < -0.4 is 9.64 Å². The predicted octanol–water partition coefficient (Wildman–Crippen LogP) is 3.93. The highest BCUT2D eigenvalue weighted by molar-refractivity contribution is 7.99. The Morgan fingerprint density at radius 2 is 2.00 bits per heavy atom. The molecule has 2 aromatic rings. The molecule has 140 valence electrons. The Labute approximate surface area is 166 Å². The van der Waals surface area contributed by atoms with E-state index in [1.165, 1.54) is 12.8 Å². The van der Waals surface area contributed by atoms with Gasteiger partial charge in [-0.3, -0.25) is 4.57 Å². The molecular weight excluding hydrogens is 395 g/mol. The Bertz CT molecular complexity index is 763. The molecule has 2 fully saturated rings. The molecule has 0 atom stereocenters. The van der Waals surface area contributed by atoms with E-state index >= 15 is 0 Å². The number of rotatable bonds is 7. The van der Waals surface area contributed by atoms with Crippen LogP contribution in [0.5, 0.6) is 5.75 Å². The lowest BCUT2D eigenvalue weighted by atomic mass is 10.3. The monoisotopic (exact) mass is 414 g/mol. The van der Waals surface area contributed by atoms with Crippen LogP contribution in [0.4, 0.5) is 5.95 Å². The Hall–Kier alpha value is -1.15. The van der Waals surface area contributed by atoms with Crippen molar-refractivity contribution in [1.29, 1.82) is 0 Å². The van der Waals surface area contributed by atoms with Gasteiger partial charge in [-0.05, 0) is 31.0 Å². The Kier molecular flexibility index (Phi) is 5.78. The second-order valence-electron chi connectivity index (χ2n) is 6.25. The van der Waals surface area contributed by atoms with E-state index in [9.17, 15) is 0 Å². The summed E-state index contributed by atoms with van der Waals surface area (Å²) >= 11 is 13.7. The molecule has 2 heterocycles. The third-order valence-electron chi connectivity index (χ3n) is 4.32. The van der Waals surface area contributed by atoms with Crippen molar-refractivity contribution in [1.82, 2.24) is 14.8 Å². The molecule has 1 aliphatic carbocycles. The van der Waals surface area contributed by atoms with Crippen LogP contribution in [0.15, 0.2) is 23.4 Å². The zero-order valence-corrected chi connectivity index (χ0v) is 16.6. The van der Waals surface area contributed by atoms with E-state index in [1.807, 2.05) is 0 Å². The highest BCUT2D eigenvalue weighted by Crippen LogP contribution is 2.41. The van der Waals surface area contributed by atoms with Gasteiger partial charge in [0.25, 0.3) is 0 Å². The van der Waals surface area contributed by atoms with Crippen LogP contribution in [0.3, 0.4) is 0 Å². The molecule has 9 heteroatoms. The summed E-state index contributed by atoms with van der Waals surface area (Å²) in [5.41, 5.74) is 0. The molecule has 6 nitrogen and oxygen atoms in total. The van der Waals surface area contributed by atoms with Gasteiger partial charge in [0.05, 0.1) is 24.8 Å². The fourth-order valence-electron chi connectivity index (χ4n) is 2.88. The molecule has 0 unspecified atom stereocenters. The Morgan fingerprint density at radius 3 is 2.73 bits per heavy atom. The second-order valence-corrected chi connectivity index (χ2v) is 8.16. The van der Waals surface area contributed by atoms with Crippen LogP contribution in [0.25, 0.3) is 0 Å². The summed E-state index contributed by atoms with van der Waals surface area (Å²) in [6.07, 6.45) is 2.39. The van der Waals surface area contributed by atoms with E-state index in [-0.39, 0.29) is 0 Å². The summed E-state index contributed by atoms with van der Waals surface area (Å²) in [4.78, 5) is 2.27. The molecule has 0 spiro atoms. The van der Waals surface area contributed by atoms with Gasteiger partial charge >= 0.3 is 0 Å². The zero-order chi connectivity index (χ0) is 17.9. The predicted molar refractivity (Wildman–Crippen MR) is 104 cm³/mol. The van der Waals surface area contributed by atoms with Gasteiger partial charge in [0, 0.05) is 29.9 Å². The van der Waals surface area contributed by atoms with Crippen molar-refractivity contribution in [2.45, 2.75) is 24.0 Å². The third kappa shape index (κ3) is 4.22. The van der Waals surface area contributed by atoms with E-state index in [1.54, 1.807) is 30.0 Å². The number of ether oxygens (including phenoxy) is 2. The van der Waals surface area contributed by atoms with Crippen molar-refractivity contribution in [3.05, 3.63) is 28.2 Å². The van der Waals surface area contributed by atoms with Crippen molar-refractivity contribution in [2.24, 2.45) is 0 Å². The lowest BCUT2D eigenvalue weighted by molar-refractivity contribution is 0.121. The van der Waals surface area contributed by atoms with Crippen molar-refractivity contribution >= 4 is 40.9 Å². The van der Waals surface area contributed by atoms with E-state index in [2.05, 4.69) is 19.7 Å². The lowest BCUT2D eigenvalue weighted by Gasteiger charge is -2.27. The van der Waals surface area contributed by atoms with E-state index in [0.717, 1.165) is 43.2 Å². The highest BCUT2D eigenvalue weighted by Gasteiger charge is 2.32. The molecule has 0 radical (unpaired) electrons.